The average molecular weight is 430 g/mol. The zero-order valence-electron chi connectivity index (χ0n) is 16.0. The number of para-hydroxylation sites is 1. The third-order valence-electron chi connectivity index (χ3n) is 4.36. The molecular weight excluding hydrogens is 409 g/mol. The fraction of sp³-hybridized carbons (Fsp3) is 0.316. The van der Waals surface area contributed by atoms with Gasteiger partial charge in [-0.05, 0) is 56.7 Å². The van der Waals surface area contributed by atoms with E-state index in [0.717, 1.165) is 0 Å². The van der Waals surface area contributed by atoms with Crippen LogP contribution in [-0.2, 0) is 14.8 Å². The van der Waals surface area contributed by atoms with E-state index >= 15 is 0 Å². The predicted molar refractivity (Wildman–Crippen MR) is 103 cm³/mol. The number of rotatable bonds is 6. The molecule has 0 radical (unpaired) electrons. The highest BCUT2D eigenvalue weighted by molar-refractivity contribution is 7.92. The Labute approximate surface area is 167 Å². The number of halogens is 3. The molecule has 1 atom stereocenters. The molecule has 158 valence electrons. The molecule has 0 fully saturated rings. The Morgan fingerprint density at radius 1 is 1.14 bits per heavy atom. The quantitative estimate of drug-likeness (QED) is 0.735. The number of aryl methyl sites for hydroxylation is 1. The molecule has 2 aromatic rings. The average Bonchev–Trinajstić information content (AvgIpc) is 2.63. The molecule has 0 aromatic heterocycles. The standard InChI is InChI=1S/C19H21F3N2O4S/c1-4-24(14-8-6-5-7-9-14)29(27,28)15-10-11-16(13(2)12-15)23-17(25)18(3,26)19(20,21)22/h5-12,26H,4H2,1-3H3,(H,23,25). The summed E-state index contributed by atoms with van der Waals surface area (Å²) in [4.78, 5) is 11.8. The van der Waals surface area contributed by atoms with E-state index in [1.54, 1.807) is 37.3 Å². The largest absolute Gasteiger partial charge is 0.426 e. The topological polar surface area (TPSA) is 86.7 Å². The number of nitrogens with zero attached hydrogens (tertiary/aromatic N) is 1. The first-order valence-corrected chi connectivity index (χ1v) is 10.1. The molecule has 0 saturated heterocycles. The van der Waals surface area contributed by atoms with Crippen LogP contribution in [0.25, 0.3) is 0 Å². The molecule has 10 heteroatoms. The van der Waals surface area contributed by atoms with Crippen LogP contribution in [0.2, 0.25) is 0 Å². The van der Waals surface area contributed by atoms with Crippen molar-refractivity contribution in [2.24, 2.45) is 0 Å². The van der Waals surface area contributed by atoms with E-state index in [0.29, 0.717) is 12.6 Å². The molecule has 0 bridgehead atoms. The van der Waals surface area contributed by atoms with Crippen LogP contribution in [0.5, 0.6) is 0 Å². The number of hydrogen-bond donors (Lipinski definition) is 2. The van der Waals surface area contributed by atoms with E-state index in [2.05, 4.69) is 0 Å². The summed E-state index contributed by atoms with van der Waals surface area (Å²) in [5, 5.41) is 11.4. The summed E-state index contributed by atoms with van der Waals surface area (Å²) in [7, 11) is -3.93. The normalized spacial score (nSPS) is 14.2. The lowest BCUT2D eigenvalue weighted by atomic mass is 10.1. The maximum Gasteiger partial charge on any atom is 0.426 e. The maximum absolute atomic E-state index is 13.0. The Balaban J connectivity index is 2.35. The lowest BCUT2D eigenvalue weighted by Crippen LogP contribution is -2.52. The van der Waals surface area contributed by atoms with Crippen LogP contribution in [0, 0.1) is 6.92 Å². The molecule has 0 heterocycles. The minimum atomic E-state index is -5.16. The number of hydrogen-bond acceptors (Lipinski definition) is 4. The van der Waals surface area contributed by atoms with Gasteiger partial charge in [-0.2, -0.15) is 13.2 Å². The van der Waals surface area contributed by atoms with E-state index in [9.17, 15) is 31.5 Å². The van der Waals surface area contributed by atoms with Crippen molar-refractivity contribution in [2.45, 2.75) is 37.4 Å². The van der Waals surface area contributed by atoms with Crippen molar-refractivity contribution in [3.63, 3.8) is 0 Å². The van der Waals surface area contributed by atoms with Gasteiger partial charge in [0.1, 0.15) is 0 Å². The summed E-state index contributed by atoms with van der Waals surface area (Å²) < 4.78 is 65.6. The minimum absolute atomic E-state index is 0.0405. The zero-order chi connectivity index (χ0) is 22.0. The van der Waals surface area contributed by atoms with Crippen molar-refractivity contribution < 1.29 is 31.5 Å². The number of nitrogens with one attached hydrogen (secondary N) is 1. The van der Waals surface area contributed by atoms with E-state index < -0.39 is 27.7 Å². The fourth-order valence-corrected chi connectivity index (χ4v) is 4.08. The summed E-state index contributed by atoms with van der Waals surface area (Å²) >= 11 is 0. The van der Waals surface area contributed by atoms with Gasteiger partial charge in [0.2, 0.25) is 5.60 Å². The van der Waals surface area contributed by atoms with Crippen molar-refractivity contribution in [1.82, 2.24) is 0 Å². The molecule has 2 aromatic carbocycles. The van der Waals surface area contributed by atoms with Gasteiger partial charge in [-0.1, -0.05) is 18.2 Å². The van der Waals surface area contributed by atoms with Gasteiger partial charge < -0.3 is 10.4 Å². The zero-order valence-corrected chi connectivity index (χ0v) is 16.8. The summed E-state index contributed by atoms with van der Waals surface area (Å²) in [5.41, 5.74) is -2.94. The highest BCUT2D eigenvalue weighted by atomic mass is 32.2. The van der Waals surface area contributed by atoms with E-state index in [1.807, 2.05) is 5.32 Å². The van der Waals surface area contributed by atoms with Crippen LogP contribution in [0.4, 0.5) is 24.5 Å². The van der Waals surface area contributed by atoms with Gasteiger partial charge in [-0.25, -0.2) is 8.42 Å². The molecule has 0 aliphatic rings. The number of alkyl halides is 3. The van der Waals surface area contributed by atoms with Gasteiger partial charge in [0.15, 0.2) is 0 Å². The van der Waals surface area contributed by atoms with Crippen molar-refractivity contribution in [2.75, 3.05) is 16.2 Å². The second kappa shape index (κ2) is 8.03. The molecule has 1 amide bonds. The van der Waals surface area contributed by atoms with Crippen LogP contribution >= 0.6 is 0 Å². The van der Waals surface area contributed by atoms with Gasteiger partial charge >= 0.3 is 6.18 Å². The smallest absolute Gasteiger partial charge is 0.373 e. The number of anilines is 2. The molecule has 1 unspecified atom stereocenters. The molecule has 2 N–H and O–H groups in total. The summed E-state index contributed by atoms with van der Waals surface area (Å²) in [6.07, 6.45) is -5.16. The molecule has 0 aliphatic carbocycles. The molecule has 0 spiro atoms. The molecule has 29 heavy (non-hydrogen) atoms. The first kappa shape index (κ1) is 22.7. The SMILES string of the molecule is CCN(c1ccccc1)S(=O)(=O)c1ccc(NC(=O)C(C)(O)C(F)(F)F)c(C)c1. The maximum atomic E-state index is 13.0. The van der Waals surface area contributed by atoms with E-state index in [4.69, 9.17) is 0 Å². The van der Waals surface area contributed by atoms with Gasteiger partial charge in [0.25, 0.3) is 15.9 Å². The summed E-state index contributed by atoms with van der Waals surface area (Å²) in [6, 6.07) is 12.1. The molecule has 6 nitrogen and oxygen atoms in total. The number of sulfonamides is 1. The van der Waals surface area contributed by atoms with Gasteiger partial charge in [0, 0.05) is 12.2 Å². The molecule has 0 aliphatic heterocycles. The Hall–Kier alpha value is -2.59. The molecule has 0 saturated carbocycles. The third-order valence-corrected chi connectivity index (χ3v) is 6.26. The number of aliphatic hydroxyl groups is 1. The van der Waals surface area contributed by atoms with Crippen molar-refractivity contribution in [1.29, 1.82) is 0 Å². The summed E-state index contributed by atoms with van der Waals surface area (Å²) in [6.45, 7) is 3.62. The highest BCUT2D eigenvalue weighted by Crippen LogP contribution is 2.32. The Morgan fingerprint density at radius 3 is 2.21 bits per heavy atom. The van der Waals surface area contributed by atoms with Gasteiger partial charge in [-0.15, -0.1) is 0 Å². The Morgan fingerprint density at radius 2 is 1.72 bits per heavy atom. The monoisotopic (exact) mass is 430 g/mol. The fourth-order valence-electron chi connectivity index (χ4n) is 2.52. The third kappa shape index (κ3) is 4.54. The highest BCUT2D eigenvalue weighted by Gasteiger charge is 2.55. The van der Waals surface area contributed by atoms with Crippen LogP contribution < -0.4 is 9.62 Å². The van der Waals surface area contributed by atoms with Crippen molar-refractivity contribution in [3.05, 3.63) is 54.1 Å². The minimum Gasteiger partial charge on any atom is -0.373 e. The van der Waals surface area contributed by atoms with Crippen LogP contribution in [0.15, 0.2) is 53.4 Å². The van der Waals surface area contributed by atoms with Crippen molar-refractivity contribution >= 4 is 27.3 Å². The second-order valence-electron chi connectivity index (χ2n) is 6.51. The lowest BCUT2D eigenvalue weighted by Gasteiger charge is -2.26. The first-order valence-electron chi connectivity index (χ1n) is 8.61. The van der Waals surface area contributed by atoms with E-state index in [-0.39, 0.29) is 22.7 Å². The number of benzene rings is 2. The number of carbonyl (C=O) groups is 1. The summed E-state index contributed by atoms with van der Waals surface area (Å²) in [5.74, 6) is -1.66. The molecule has 2 rings (SSSR count). The lowest BCUT2D eigenvalue weighted by molar-refractivity contribution is -0.242. The first-order chi connectivity index (χ1) is 13.3. The number of amides is 1. The van der Waals surface area contributed by atoms with E-state index in [1.165, 1.54) is 29.4 Å². The van der Waals surface area contributed by atoms with Gasteiger partial charge in [0.05, 0.1) is 10.6 Å². The predicted octanol–water partition coefficient (Wildman–Crippen LogP) is 3.46. The van der Waals surface area contributed by atoms with Crippen LogP contribution in [0.3, 0.4) is 0 Å². The number of carbonyl (C=O) groups excluding carboxylic acids is 1. The van der Waals surface area contributed by atoms with Gasteiger partial charge in [-0.3, -0.25) is 9.10 Å². The molecular formula is C19H21F3N2O4S. The second-order valence-corrected chi connectivity index (χ2v) is 8.37. The Kier molecular flexibility index (Phi) is 6.29. The van der Waals surface area contributed by atoms with Crippen molar-refractivity contribution in [3.8, 4) is 0 Å². The van der Waals surface area contributed by atoms with Crippen LogP contribution in [0.1, 0.15) is 19.4 Å². The van der Waals surface area contributed by atoms with Crippen LogP contribution in [-0.4, -0.2) is 37.8 Å². The Bertz CT molecular complexity index is 990.